The molecule has 1 saturated heterocycles. The number of anilines is 1. The summed E-state index contributed by atoms with van der Waals surface area (Å²) in [6, 6.07) is 3.44. The van der Waals surface area contributed by atoms with Gasteiger partial charge in [0.15, 0.2) is 17.5 Å². The van der Waals surface area contributed by atoms with Crippen LogP contribution in [0.1, 0.15) is 71.9 Å². The second-order valence-electron chi connectivity index (χ2n) is 11.0. The van der Waals surface area contributed by atoms with E-state index in [1.165, 1.54) is 6.42 Å². The zero-order valence-electron chi connectivity index (χ0n) is 21.0. The van der Waals surface area contributed by atoms with Gasteiger partial charge in [0.05, 0.1) is 4.90 Å². The molecule has 0 spiro atoms. The molecule has 34 heavy (non-hydrogen) atoms. The van der Waals surface area contributed by atoms with E-state index in [9.17, 15) is 13.9 Å². The molecule has 1 aromatic carbocycles. The quantitative estimate of drug-likeness (QED) is 0.429. The Bertz CT molecular complexity index is 990. The zero-order valence-corrected chi connectivity index (χ0v) is 21.8. The van der Waals surface area contributed by atoms with Gasteiger partial charge < -0.3 is 15.3 Å². The summed E-state index contributed by atoms with van der Waals surface area (Å²) in [5, 5.41) is 13.8. The minimum atomic E-state index is -1.34. The first kappa shape index (κ1) is 26.7. The Morgan fingerprint density at radius 2 is 1.50 bits per heavy atom. The number of aromatic nitrogens is 1. The smallest absolute Gasteiger partial charge is 0.252 e. The third-order valence-electron chi connectivity index (χ3n) is 6.09. The van der Waals surface area contributed by atoms with Crippen LogP contribution in [0.3, 0.4) is 0 Å². The number of benzene rings is 1. The van der Waals surface area contributed by atoms with Crippen molar-refractivity contribution in [3.63, 3.8) is 0 Å². The van der Waals surface area contributed by atoms with Crippen LogP contribution in [0.2, 0.25) is 0 Å². The van der Waals surface area contributed by atoms with Crippen molar-refractivity contribution in [3.05, 3.63) is 40.8 Å². The third-order valence-corrected chi connectivity index (χ3v) is 7.12. The van der Waals surface area contributed by atoms with Crippen molar-refractivity contribution in [2.45, 2.75) is 81.4 Å². The van der Waals surface area contributed by atoms with E-state index in [-0.39, 0.29) is 11.6 Å². The minimum Gasteiger partial charge on any atom is -0.507 e. The zero-order chi connectivity index (χ0) is 25.3. The molecule has 2 heterocycles. The summed E-state index contributed by atoms with van der Waals surface area (Å²) in [6.07, 6.45) is 3.49. The summed E-state index contributed by atoms with van der Waals surface area (Å²) < 4.78 is 44.4. The minimum absolute atomic E-state index is 0.172. The van der Waals surface area contributed by atoms with Crippen molar-refractivity contribution in [2.24, 2.45) is 0 Å². The first-order chi connectivity index (χ1) is 15.8. The van der Waals surface area contributed by atoms with Crippen molar-refractivity contribution >= 4 is 17.6 Å². The molecule has 0 saturated carbocycles. The van der Waals surface area contributed by atoms with Crippen LogP contribution in [0.25, 0.3) is 0 Å². The van der Waals surface area contributed by atoms with Crippen molar-refractivity contribution < 1.29 is 18.3 Å². The van der Waals surface area contributed by atoms with Gasteiger partial charge in [-0.3, -0.25) is 0 Å². The normalized spacial score (nSPS) is 15.6. The lowest BCUT2D eigenvalue weighted by Gasteiger charge is -2.28. The van der Waals surface area contributed by atoms with Crippen LogP contribution in [0.5, 0.6) is 5.75 Å². The fourth-order valence-corrected chi connectivity index (χ4v) is 5.09. The number of hydrogen-bond acceptors (Lipinski definition) is 5. The summed E-state index contributed by atoms with van der Waals surface area (Å²) in [6.45, 7) is 14.8. The molecule has 0 bridgehead atoms. The number of nitrogens with zero attached hydrogens (tertiary/aromatic N) is 2. The molecule has 1 fully saturated rings. The number of aromatic hydroxyl groups is 1. The number of halogens is 3. The predicted octanol–water partition coefficient (Wildman–Crippen LogP) is 6.85. The molecule has 188 valence electrons. The molecule has 8 heteroatoms. The fourth-order valence-electron chi connectivity index (χ4n) is 4.14. The standard InChI is InChI=1S/C26H36F3N3OS/c1-25(2,3)17-14-16(15-18(21(17)33)26(4,5)6)34-22-19(27)23(29)31-24(20(22)28)30-10-13-32-11-8-7-9-12-32/h14-15,33H,7-13H2,1-6H3,(H,30,31). The Morgan fingerprint density at radius 1 is 0.941 bits per heavy atom. The number of hydrogen-bond donors (Lipinski definition) is 2. The summed E-state index contributed by atoms with van der Waals surface area (Å²) >= 11 is 0.808. The van der Waals surface area contributed by atoms with Gasteiger partial charge in [-0.25, -0.2) is 8.78 Å². The topological polar surface area (TPSA) is 48.4 Å². The Hall–Kier alpha value is -1.93. The largest absolute Gasteiger partial charge is 0.507 e. The van der Waals surface area contributed by atoms with E-state index in [2.05, 4.69) is 15.2 Å². The van der Waals surface area contributed by atoms with Crippen LogP contribution < -0.4 is 5.32 Å². The summed E-state index contributed by atoms with van der Waals surface area (Å²) in [5.74, 6) is -3.68. The van der Waals surface area contributed by atoms with E-state index in [0.29, 0.717) is 29.1 Å². The molecule has 4 nitrogen and oxygen atoms in total. The van der Waals surface area contributed by atoms with Crippen LogP contribution in [-0.2, 0) is 10.8 Å². The molecule has 0 radical (unpaired) electrons. The van der Waals surface area contributed by atoms with Crippen LogP contribution in [0, 0.1) is 17.6 Å². The lowest BCUT2D eigenvalue weighted by Crippen LogP contribution is -2.34. The van der Waals surface area contributed by atoms with E-state index in [0.717, 1.165) is 37.7 Å². The van der Waals surface area contributed by atoms with Gasteiger partial charge in [-0.1, -0.05) is 59.7 Å². The molecule has 1 aliphatic heterocycles. The molecule has 2 N–H and O–H groups in total. The maximum Gasteiger partial charge on any atom is 0.252 e. The second kappa shape index (κ2) is 10.4. The summed E-state index contributed by atoms with van der Waals surface area (Å²) in [4.78, 5) is 5.83. The molecule has 1 aromatic heterocycles. The Morgan fingerprint density at radius 3 is 2.03 bits per heavy atom. The monoisotopic (exact) mass is 495 g/mol. The SMILES string of the molecule is CC(C)(C)c1cc(Sc2c(F)c(F)nc(NCCN3CCCCC3)c2F)cc(C(C)(C)C)c1O. The van der Waals surface area contributed by atoms with E-state index in [1.807, 2.05) is 41.5 Å². The summed E-state index contributed by atoms with van der Waals surface area (Å²) in [7, 11) is 0. The highest BCUT2D eigenvalue weighted by molar-refractivity contribution is 7.99. The van der Waals surface area contributed by atoms with E-state index < -0.39 is 33.3 Å². The molecule has 0 aliphatic carbocycles. The third kappa shape index (κ3) is 6.19. The molecule has 1 aliphatic rings. The van der Waals surface area contributed by atoms with Crippen molar-refractivity contribution in [1.82, 2.24) is 9.88 Å². The van der Waals surface area contributed by atoms with Crippen molar-refractivity contribution in [1.29, 1.82) is 0 Å². The predicted molar refractivity (Wildman–Crippen MR) is 133 cm³/mol. The molecular formula is C26H36F3N3OS. The van der Waals surface area contributed by atoms with Crippen LogP contribution in [0.15, 0.2) is 21.9 Å². The highest BCUT2D eigenvalue weighted by Crippen LogP contribution is 2.44. The molecule has 2 aromatic rings. The molecule has 0 amide bonds. The lowest BCUT2D eigenvalue weighted by molar-refractivity contribution is 0.237. The fraction of sp³-hybridized carbons (Fsp3) is 0.577. The number of phenols is 1. The van der Waals surface area contributed by atoms with Gasteiger partial charge in [0.2, 0.25) is 0 Å². The average Bonchev–Trinajstić information content (AvgIpc) is 2.74. The van der Waals surface area contributed by atoms with Crippen LogP contribution in [-0.4, -0.2) is 41.2 Å². The maximum atomic E-state index is 15.3. The number of rotatable bonds is 6. The molecule has 3 rings (SSSR count). The van der Waals surface area contributed by atoms with Crippen molar-refractivity contribution in [2.75, 3.05) is 31.5 Å². The first-order valence-electron chi connectivity index (χ1n) is 11.9. The maximum absolute atomic E-state index is 15.3. The van der Waals surface area contributed by atoms with Gasteiger partial charge in [-0.15, -0.1) is 0 Å². The van der Waals surface area contributed by atoms with Gasteiger partial charge in [0.1, 0.15) is 5.75 Å². The Kier molecular flexibility index (Phi) is 8.13. The summed E-state index contributed by atoms with van der Waals surface area (Å²) in [5.41, 5.74) is 0.528. The highest BCUT2D eigenvalue weighted by Gasteiger charge is 2.28. The molecule has 0 unspecified atom stereocenters. The van der Waals surface area contributed by atoms with E-state index in [1.54, 1.807) is 12.1 Å². The number of likely N-dealkylation sites (tertiary alicyclic amines) is 1. The second-order valence-corrected chi connectivity index (χ2v) is 12.1. The van der Waals surface area contributed by atoms with Gasteiger partial charge in [-0.2, -0.15) is 9.37 Å². The number of nitrogens with one attached hydrogen (secondary N) is 1. The van der Waals surface area contributed by atoms with E-state index >= 15 is 4.39 Å². The van der Waals surface area contributed by atoms with E-state index in [4.69, 9.17) is 0 Å². The molecular weight excluding hydrogens is 459 g/mol. The number of piperidine rings is 1. The van der Waals surface area contributed by atoms with Gasteiger partial charge in [-0.05, 0) is 48.9 Å². The van der Waals surface area contributed by atoms with Gasteiger partial charge in [0.25, 0.3) is 5.95 Å². The van der Waals surface area contributed by atoms with Crippen molar-refractivity contribution in [3.8, 4) is 5.75 Å². The Balaban J connectivity index is 1.92. The number of phenolic OH excluding ortho intramolecular Hbond substituents is 1. The average molecular weight is 496 g/mol. The molecule has 0 atom stereocenters. The Labute approximate surface area is 205 Å². The van der Waals surface area contributed by atoms with Gasteiger partial charge >= 0.3 is 0 Å². The lowest BCUT2D eigenvalue weighted by atomic mass is 9.79. The van der Waals surface area contributed by atoms with Gasteiger partial charge in [0, 0.05) is 29.1 Å². The first-order valence-corrected chi connectivity index (χ1v) is 12.7. The van der Waals surface area contributed by atoms with Crippen LogP contribution in [0.4, 0.5) is 19.0 Å². The number of pyridine rings is 1. The highest BCUT2D eigenvalue weighted by atomic mass is 32.2. The van der Waals surface area contributed by atoms with Crippen LogP contribution >= 0.6 is 11.8 Å².